The summed E-state index contributed by atoms with van der Waals surface area (Å²) in [4.78, 5) is 2.65. The van der Waals surface area contributed by atoms with Crippen LogP contribution in [-0.2, 0) is 19.3 Å². The van der Waals surface area contributed by atoms with Gasteiger partial charge in [-0.15, -0.1) is 0 Å². The monoisotopic (exact) mass is 454 g/mol. The van der Waals surface area contributed by atoms with Crippen LogP contribution >= 0.6 is 0 Å². The van der Waals surface area contributed by atoms with E-state index in [-0.39, 0.29) is 11.5 Å². The topological polar surface area (TPSA) is 76.0 Å². The van der Waals surface area contributed by atoms with E-state index in [1.54, 1.807) is 18.2 Å². The molecular weight excluding hydrogens is 412 g/mol. The molecule has 3 rings (SSSR count). The zero-order valence-electron chi connectivity index (χ0n) is 20.2. The molecular formula is C28H42N2O3. The van der Waals surface area contributed by atoms with Gasteiger partial charge in [-0.05, 0) is 107 Å². The van der Waals surface area contributed by atoms with Gasteiger partial charge in [0.2, 0.25) is 0 Å². The Labute approximate surface area is 199 Å². The average Bonchev–Trinajstić information content (AvgIpc) is 2.83. The fourth-order valence-corrected chi connectivity index (χ4v) is 5.00. The van der Waals surface area contributed by atoms with Crippen molar-refractivity contribution in [1.29, 1.82) is 0 Å². The van der Waals surface area contributed by atoms with Gasteiger partial charge in [0.15, 0.2) is 11.5 Å². The summed E-state index contributed by atoms with van der Waals surface area (Å²) in [6, 6.07) is 11.7. The van der Waals surface area contributed by atoms with Crippen molar-refractivity contribution in [3.05, 3.63) is 53.1 Å². The van der Waals surface area contributed by atoms with E-state index in [1.165, 1.54) is 36.8 Å². The fourth-order valence-electron chi connectivity index (χ4n) is 5.00. The molecule has 0 saturated heterocycles. The third-order valence-electron chi connectivity index (χ3n) is 6.87. The van der Waals surface area contributed by atoms with E-state index in [4.69, 9.17) is 0 Å². The van der Waals surface area contributed by atoms with Crippen molar-refractivity contribution in [2.45, 2.75) is 77.2 Å². The van der Waals surface area contributed by atoms with Crippen LogP contribution < -0.4 is 5.32 Å². The molecule has 4 N–H and O–H groups in total. The second-order valence-electron chi connectivity index (χ2n) is 9.44. The minimum Gasteiger partial charge on any atom is -0.508 e. The van der Waals surface area contributed by atoms with Crippen molar-refractivity contribution in [2.24, 2.45) is 0 Å². The number of hydrogen-bond donors (Lipinski definition) is 4. The number of nitrogens with one attached hydrogen (secondary N) is 1. The third kappa shape index (κ3) is 7.94. The molecule has 182 valence electrons. The summed E-state index contributed by atoms with van der Waals surface area (Å²) in [6.45, 7) is 6.66. The molecule has 1 atom stereocenters. The summed E-state index contributed by atoms with van der Waals surface area (Å²) in [5, 5.41) is 32.8. The Kier molecular flexibility index (Phi) is 10.4. The van der Waals surface area contributed by atoms with Crippen LogP contribution in [0.15, 0.2) is 36.4 Å². The van der Waals surface area contributed by atoms with Crippen molar-refractivity contribution in [3.8, 4) is 17.2 Å². The second-order valence-corrected chi connectivity index (χ2v) is 9.44. The number of rotatable bonds is 14. The van der Waals surface area contributed by atoms with E-state index in [9.17, 15) is 15.3 Å². The zero-order valence-corrected chi connectivity index (χ0v) is 20.2. The summed E-state index contributed by atoms with van der Waals surface area (Å²) >= 11 is 0. The summed E-state index contributed by atoms with van der Waals surface area (Å²) in [7, 11) is 0. The molecule has 1 aliphatic rings. The summed E-state index contributed by atoms with van der Waals surface area (Å²) in [5.41, 5.74) is 3.42. The number of nitrogens with zero attached hydrogens (tertiary/aromatic N) is 1. The van der Waals surface area contributed by atoms with Crippen molar-refractivity contribution < 1.29 is 15.3 Å². The van der Waals surface area contributed by atoms with Crippen molar-refractivity contribution in [3.63, 3.8) is 0 Å². The van der Waals surface area contributed by atoms with Crippen LogP contribution in [0.5, 0.6) is 17.2 Å². The van der Waals surface area contributed by atoms with Gasteiger partial charge in [-0.1, -0.05) is 38.0 Å². The van der Waals surface area contributed by atoms with E-state index < -0.39 is 0 Å². The summed E-state index contributed by atoms with van der Waals surface area (Å²) in [5.74, 6) is 0.423. The highest BCUT2D eigenvalue weighted by atomic mass is 16.3. The molecule has 0 amide bonds. The highest BCUT2D eigenvalue weighted by Crippen LogP contribution is 2.36. The van der Waals surface area contributed by atoms with Gasteiger partial charge in [-0.3, -0.25) is 0 Å². The number of aryl methyl sites for hydroxylation is 1. The first-order valence-corrected chi connectivity index (χ1v) is 12.8. The Morgan fingerprint density at radius 3 is 2.42 bits per heavy atom. The van der Waals surface area contributed by atoms with Crippen LogP contribution in [0.1, 0.15) is 68.6 Å². The molecule has 0 fully saturated rings. The van der Waals surface area contributed by atoms with Crippen molar-refractivity contribution in [1.82, 2.24) is 10.2 Å². The van der Waals surface area contributed by atoms with Gasteiger partial charge in [0.05, 0.1) is 0 Å². The highest BCUT2D eigenvalue weighted by molar-refractivity contribution is 5.50. The number of benzene rings is 2. The maximum Gasteiger partial charge on any atom is 0.160 e. The maximum absolute atomic E-state index is 10.1. The number of fused-ring (bicyclic) bond motifs is 1. The molecule has 1 aliphatic carbocycles. The number of aromatic hydroxyl groups is 3. The van der Waals surface area contributed by atoms with Crippen LogP contribution in [-0.4, -0.2) is 52.4 Å². The van der Waals surface area contributed by atoms with Gasteiger partial charge < -0.3 is 25.5 Å². The summed E-state index contributed by atoms with van der Waals surface area (Å²) < 4.78 is 0. The number of hydrogen-bond acceptors (Lipinski definition) is 5. The average molecular weight is 455 g/mol. The Balaban J connectivity index is 1.27. The van der Waals surface area contributed by atoms with E-state index in [1.807, 2.05) is 18.2 Å². The molecule has 1 unspecified atom stereocenters. The summed E-state index contributed by atoms with van der Waals surface area (Å²) in [6.07, 6.45) is 11.2. The molecule has 0 aliphatic heterocycles. The molecule has 0 aromatic heterocycles. The lowest BCUT2D eigenvalue weighted by molar-refractivity contribution is 0.175. The first-order valence-electron chi connectivity index (χ1n) is 12.8. The number of phenolic OH excluding ortho intramolecular Hbond substituents is 3. The van der Waals surface area contributed by atoms with Crippen LogP contribution in [0.2, 0.25) is 0 Å². The Morgan fingerprint density at radius 2 is 1.64 bits per heavy atom. The molecule has 5 heteroatoms. The van der Waals surface area contributed by atoms with Crippen molar-refractivity contribution in [2.75, 3.05) is 26.2 Å². The predicted molar refractivity (Wildman–Crippen MR) is 135 cm³/mol. The van der Waals surface area contributed by atoms with Gasteiger partial charge in [-0.2, -0.15) is 0 Å². The Morgan fingerprint density at radius 1 is 0.879 bits per heavy atom. The minimum atomic E-state index is 0.00412. The Bertz CT molecular complexity index is 838. The Hall–Kier alpha value is -2.24. The molecule has 2 aromatic rings. The molecule has 33 heavy (non-hydrogen) atoms. The zero-order chi connectivity index (χ0) is 23.5. The standard InChI is InChI=1S/C28H42N2O3/c1-2-19-30(24-12-15-26-23(21-24)11-16-27(32)28(26)33)20-6-4-3-5-17-29-18-7-8-22-9-13-25(31)14-10-22/h9-11,13-14,16,24,29,31-33H,2-8,12,15,17-21H2,1H3. The van der Waals surface area contributed by atoms with Gasteiger partial charge in [0.1, 0.15) is 5.75 Å². The smallest absolute Gasteiger partial charge is 0.160 e. The molecule has 0 bridgehead atoms. The second kappa shape index (κ2) is 13.5. The van der Waals surface area contributed by atoms with Crippen LogP contribution in [0.25, 0.3) is 0 Å². The van der Waals surface area contributed by atoms with Crippen molar-refractivity contribution >= 4 is 0 Å². The molecule has 2 aromatic carbocycles. The van der Waals surface area contributed by atoms with Crippen LogP contribution in [0.4, 0.5) is 0 Å². The van der Waals surface area contributed by atoms with E-state index in [2.05, 4.69) is 17.1 Å². The minimum absolute atomic E-state index is 0.00412. The van der Waals surface area contributed by atoms with Crippen LogP contribution in [0, 0.1) is 0 Å². The van der Waals surface area contributed by atoms with E-state index >= 15 is 0 Å². The third-order valence-corrected chi connectivity index (χ3v) is 6.87. The number of phenols is 3. The van der Waals surface area contributed by atoms with Gasteiger partial charge in [0.25, 0.3) is 0 Å². The molecule has 0 heterocycles. The quantitative estimate of drug-likeness (QED) is 0.234. The molecule has 5 nitrogen and oxygen atoms in total. The molecule has 0 spiro atoms. The largest absolute Gasteiger partial charge is 0.508 e. The molecule has 0 radical (unpaired) electrons. The fraction of sp³-hybridized carbons (Fsp3) is 0.571. The normalized spacial score (nSPS) is 15.6. The lowest BCUT2D eigenvalue weighted by Gasteiger charge is -2.35. The van der Waals surface area contributed by atoms with Gasteiger partial charge in [-0.25, -0.2) is 0 Å². The highest BCUT2D eigenvalue weighted by Gasteiger charge is 2.26. The van der Waals surface area contributed by atoms with Gasteiger partial charge in [0, 0.05) is 11.6 Å². The first kappa shape index (κ1) is 25.4. The predicted octanol–water partition coefficient (Wildman–Crippen LogP) is 5.16. The first-order chi connectivity index (χ1) is 16.1. The number of unbranched alkanes of at least 4 members (excludes halogenated alkanes) is 3. The maximum atomic E-state index is 10.1. The lowest BCUT2D eigenvalue weighted by atomic mass is 9.86. The van der Waals surface area contributed by atoms with Crippen LogP contribution in [0.3, 0.4) is 0 Å². The van der Waals surface area contributed by atoms with Gasteiger partial charge >= 0.3 is 0 Å². The van der Waals surface area contributed by atoms with E-state index in [0.717, 1.165) is 70.3 Å². The SMILES string of the molecule is CCCN(CCCCCCNCCCc1ccc(O)cc1)C1CCc2c(ccc(O)c2O)C1. The lowest BCUT2D eigenvalue weighted by Crippen LogP contribution is -2.40. The molecule has 0 saturated carbocycles. The van der Waals surface area contributed by atoms with E-state index in [0.29, 0.717) is 11.8 Å².